The second-order valence-corrected chi connectivity index (χ2v) is 8.24. The van der Waals surface area contributed by atoms with E-state index in [1.807, 2.05) is 30.3 Å². The first-order chi connectivity index (χ1) is 14.0. The number of nitrogens with one attached hydrogen (secondary N) is 1. The normalized spacial score (nSPS) is 14.0. The Morgan fingerprint density at radius 3 is 2.28 bits per heavy atom. The van der Waals surface area contributed by atoms with Gasteiger partial charge in [-0.3, -0.25) is 14.2 Å². The van der Waals surface area contributed by atoms with Gasteiger partial charge in [0.1, 0.15) is 5.75 Å². The topological polar surface area (TPSA) is 84.9 Å². The van der Waals surface area contributed by atoms with E-state index in [1.165, 1.54) is 6.42 Å². The molecule has 2 aromatic rings. The zero-order valence-electron chi connectivity index (χ0n) is 16.8. The van der Waals surface area contributed by atoms with E-state index in [9.17, 15) is 14.3 Å². The Hall–Kier alpha value is -2.14. The van der Waals surface area contributed by atoms with Gasteiger partial charge in [-0.2, -0.15) is 0 Å². The number of rotatable bonds is 13. The highest BCUT2D eigenvalue weighted by Crippen LogP contribution is 2.44. The quantitative estimate of drug-likeness (QED) is 0.335. The van der Waals surface area contributed by atoms with Gasteiger partial charge in [-0.05, 0) is 24.1 Å². The first-order valence-corrected chi connectivity index (χ1v) is 11.6. The summed E-state index contributed by atoms with van der Waals surface area (Å²) in [7, 11) is -4.32. The Morgan fingerprint density at radius 1 is 1.00 bits per heavy atom. The van der Waals surface area contributed by atoms with Crippen LogP contribution in [0.4, 0.5) is 0 Å². The SMILES string of the molecule is CCCCCCCC(=O)N[C@@H](COP(=O)(O)Oc1ccccc1)c1ccccc1. The molecule has 0 aliphatic rings. The van der Waals surface area contributed by atoms with Crippen LogP contribution < -0.4 is 9.84 Å². The maximum Gasteiger partial charge on any atom is 0.527 e. The van der Waals surface area contributed by atoms with Crippen LogP contribution in [0.1, 0.15) is 57.1 Å². The molecule has 7 heteroatoms. The van der Waals surface area contributed by atoms with E-state index in [4.69, 9.17) is 9.05 Å². The van der Waals surface area contributed by atoms with Gasteiger partial charge in [0, 0.05) is 6.42 Å². The van der Waals surface area contributed by atoms with Gasteiger partial charge < -0.3 is 9.84 Å². The molecule has 0 aliphatic heterocycles. The number of hydrogen-bond donors (Lipinski definition) is 2. The molecule has 0 radical (unpaired) electrons. The molecule has 158 valence electrons. The van der Waals surface area contributed by atoms with Gasteiger partial charge in [0.15, 0.2) is 0 Å². The zero-order chi connectivity index (χ0) is 21.0. The predicted octanol–water partition coefficient (Wildman–Crippen LogP) is 5.40. The molecule has 0 saturated carbocycles. The first kappa shape index (κ1) is 23.1. The minimum atomic E-state index is -4.32. The lowest BCUT2D eigenvalue weighted by molar-refractivity contribution is -0.122. The van der Waals surface area contributed by atoms with E-state index in [0.29, 0.717) is 6.42 Å². The highest BCUT2D eigenvalue weighted by atomic mass is 31.2. The molecule has 0 aliphatic carbocycles. The van der Waals surface area contributed by atoms with Crippen molar-refractivity contribution >= 4 is 13.7 Å². The lowest BCUT2D eigenvalue weighted by atomic mass is 10.1. The Kier molecular flexibility index (Phi) is 9.92. The standard InChI is InChI=1S/C22H30NO5P/c1-2-3-4-5-12-17-22(24)23-21(19-13-8-6-9-14-19)18-27-29(25,26)28-20-15-10-7-11-16-20/h6-11,13-16,21H,2-5,12,17-18H2,1H3,(H,23,24)(H,25,26)/t21-/m0/s1. The van der Waals surface area contributed by atoms with Gasteiger partial charge in [-0.1, -0.05) is 81.1 Å². The van der Waals surface area contributed by atoms with Crippen molar-refractivity contribution in [3.05, 3.63) is 66.2 Å². The van der Waals surface area contributed by atoms with Crippen LogP contribution in [0.3, 0.4) is 0 Å². The van der Waals surface area contributed by atoms with Crippen LogP contribution in [-0.2, 0) is 13.9 Å². The van der Waals surface area contributed by atoms with Gasteiger partial charge in [0.05, 0.1) is 12.6 Å². The van der Waals surface area contributed by atoms with Gasteiger partial charge in [-0.15, -0.1) is 0 Å². The van der Waals surface area contributed by atoms with Crippen molar-refractivity contribution in [1.29, 1.82) is 0 Å². The number of carbonyl (C=O) groups excluding carboxylic acids is 1. The van der Waals surface area contributed by atoms with Crippen molar-refractivity contribution in [2.75, 3.05) is 6.61 Å². The number of para-hydroxylation sites is 1. The van der Waals surface area contributed by atoms with Crippen LogP contribution in [0.2, 0.25) is 0 Å². The number of phosphoric acid groups is 1. The fourth-order valence-electron chi connectivity index (χ4n) is 2.87. The summed E-state index contributed by atoms with van der Waals surface area (Å²) in [5.41, 5.74) is 0.798. The van der Waals surface area contributed by atoms with E-state index in [2.05, 4.69) is 12.2 Å². The molecule has 0 saturated heterocycles. The molecule has 0 spiro atoms. The fourth-order valence-corrected chi connectivity index (χ4v) is 3.65. The number of carbonyl (C=O) groups is 1. The van der Waals surface area contributed by atoms with Crippen molar-refractivity contribution < 1.29 is 23.3 Å². The Bertz CT molecular complexity index is 769. The summed E-state index contributed by atoms with van der Waals surface area (Å²) in [5.74, 6) is 0.140. The Balaban J connectivity index is 1.92. The highest BCUT2D eigenvalue weighted by Gasteiger charge is 2.26. The molecule has 6 nitrogen and oxygen atoms in total. The van der Waals surface area contributed by atoms with Gasteiger partial charge in [-0.25, -0.2) is 4.57 Å². The predicted molar refractivity (Wildman–Crippen MR) is 114 cm³/mol. The molecule has 0 aromatic heterocycles. The van der Waals surface area contributed by atoms with Crippen molar-refractivity contribution in [1.82, 2.24) is 5.32 Å². The zero-order valence-corrected chi connectivity index (χ0v) is 17.7. The number of phosphoric ester groups is 1. The summed E-state index contributed by atoms with van der Waals surface area (Å²) in [4.78, 5) is 22.4. The fraction of sp³-hybridized carbons (Fsp3) is 0.409. The number of amides is 1. The second kappa shape index (κ2) is 12.4. The Morgan fingerprint density at radius 2 is 1.62 bits per heavy atom. The smallest absolute Gasteiger partial charge is 0.404 e. The summed E-state index contributed by atoms with van der Waals surface area (Å²) >= 11 is 0. The minimum Gasteiger partial charge on any atom is -0.404 e. The van der Waals surface area contributed by atoms with E-state index >= 15 is 0 Å². The van der Waals surface area contributed by atoms with Crippen molar-refractivity contribution in [2.45, 2.75) is 51.5 Å². The third kappa shape index (κ3) is 9.27. The second-order valence-electron chi connectivity index (χ2n) is 6.86. The molecule has 2 atom stereocenters. The summed E-state index contributed by atoms with van der Waals surface area (Å²) in [6, 6.07) is 17.0. The Labute approximate surface area is 172 Å². The first-order valence-electron chi connectivity index (χ1n) is 10.1. The maximum absolute atomic E-state index is 12.3. The van der Waals surface area contributed by atoms with Crippen LogP contribution in [0.5, 0.6) is 5.75 Å². The van der Waals surface area contributed by atoms with Crippen LogP contribution in [0, 0.1) is 0 Å². The third-order valence-electron chi connectivity index (χ3n) is 4.41. The molecule has 2 aromatic carbocycles. The van der Waals surface area contributed by atoms with Crippen molar-refractivity contribution in [2.24, 2.45) is 0 Å². The lowest BCUT2D eigenvalue weighted by Crippen LogP contribution is -2.31. The van der Waals surface area contributed by atoms with Gasteiger partial charge in [0.25, 0.3) is 0 Å². The molecule has 1 unspecified atom stereocenters. The van der Waals surface area contributed by atoms with Crippen LogP contribution >= 0.6 is 7.82 Å². The van der Waals surface area contributed by atoms with E-state index in [-0.39, 0.29) is 18.3 Å². The average molecular weight is 419 g/mol. The van der Waals surface area contributed by atoms with Crippen LogP contribution in [0.25, 0.3) is 0 Å². The van der Waals surface area contributed by atoms with Crippen molar-refractivity contribution in [3.8, 4) is 5.75 Å². The largest absolute Gasteiger partial charge is 0.527 e. The van der Waals surface area contributed by atoms with Gasteiger partial charge in [0.2, 0.25) is 5.91 Å². The summed E-state index contributed by atoms with van der Waals surface area (Å²) in [6.07, 6.45) is 5.72. The van der Waals surface area contributed by atoms with E-state index in [1.54, 1.807) is 30.3 Å². The van der Waals surface area contributed by atoms with Crippen LogP contribution in [0.15, 0.2) is 60.7 Å². The summed E-state index contributed by atoms with van der Waals surface area (Å²) in [5, 5.41) is 2.91. The summed E-state index contributed by atoms with van der Waals surface area (Å²) < 4.78 is 22.5. The molecule has 2 N–H and O–H groups in total. The number of benzene rings is 2. The monoisotopic (exact) mass is 419 g/mol. The van der Waals surface area contributed by atoms with E-state index < -0.39 is 13.9 Å². The van der Waals surface area contributed by atoms with E-state index in [0.717, 1.165) is 31.2 Å². The molecule has 2 rings (SSSR count). The number of unbranched alkanes of at least 4 members (excludes halogenated alkanes) is 4. The molecule has 0 heterocycles. The number of hydrogen-bond acceptors (Lipinski definition) is 4. The molecule has 0 bridgehead atoms. The molecule has 1 amide bonds. The molecular formula is C22H30NO5P. The molecule has 0 fully saturated rings. The minimum absolute atomic E-state index is 0.101. The highest BCUT2D eigenvalue weighted by molar-refractivity contribution is 7.47. The third-order valence-corrected chi connectivity index (χ3v) is 5.33. The lowest BCUT2D eigenvalue weighted by Gasteiger charge is -2.21. The average Bonchev–Trinajstić information content (AvgIpc) is 2.72. The van der Waals surface area contributed by atoms with Gasteiger partial charge >= 0.3 is 7.82 Å². The van der Waals surface area contributed by atoms with Crippen molar-refractivity contribution in [3.63, 3.8) is 0 Å². The van der Waals surface area contributed by atoms with Crippen LogP contribution in [-0.4, -0.2) is 17.4 Å². The maximum atomic E-state index is 12.3. The molecular weight excluding hydrogens is 389 g/mol. The summed E-state index contributed by atoms with van der Waals surface area (Å²) in [6.45, 7) is 1.98. The molecule has 29 heavy (non-hydrogen) atoms.